The van der Waals surface area contributed by atoms with Crippen LogP contribution in [0.2, 0.25) is 0 Å². The number of furan rings is 1. The number of aryl methyl sites for hydroxylation is 1. The van der Waals surface area contributed by atoms with Gasteiger partial charge in [0.05, 0.1) is 6.04 Å². The molecule has 32 heavy (non-hydrogen) atoms. The third-order valence-corrected chi connectivity index (χ3v) is 5.41. The standard InChI is InChI=1S/C26H21N3O3/c1-16-7-3-5-9-21(16)26-29-28-25(32-26)19-13-11-18(12-14-19)24(30)27-17(2)23-15-20-8-4-6-10-22(20)31-23/h3-15,17H,1-2H3,(H,27,30). The quantitative estimate of drug-likeness (QED) is 0.378. The summed E-state index contributed by atoms with van der Waals surface area (Å²) in [6.45, 7) is 3.90. The monoisotopic (exact) mass is 423 g/mol. The highest BCUT2D eigenvalue weighted by Gasteiger charge is 2.16. The van der Waals surface area contributed by atoms with E-state index in [1.54, 1.807) is 24.3 Å². The molecule has 6 heteroatoms. The van der Waals surface area contributed by atoms with E-state index in [1.807, 2.05) is 68.4 Å². The second-order valence-corrected chi connectivity index (χ2v) is 7.69. The van der Waals surface area contributed by atoms with Crippen molar-refractivity contribution in [1.82, 2.24) is 15.5 Å². The van der Waals surface area contributed by atoms with Crippen molar-refractivity contribution in [3.05, 3.63) is 95.7 Å². The van der Waals surface area contributed by atoms with Crippen molar-refractivity contribution in [1.29, 1.82) is 0 Å². The number of nitrogens with zero attached hydrogens (tertiary/aromatic N) is 2. The number of hydrogen-bond acceptors (Lipinski definition) is 5. The lowest BCUT2D eigenvalue weighted by Crippen LogP contribution is -2.26. The molecule has 1 atom stereocenters. The van der Waals surface area contributed by atoms with Crippen molar-refractivity contribution in [2.75, 3.05) is 0 Å². The zero-order chi connectivity index (χ0) is 22.1. The Balaban J connectivity index is 1.30. The first-order valence-electron chi connectivity index (χ1n) is 10.4. The highest BCUT2D eigenvalue weighted by atomic mass is 16.4. The van der Waals surface area contributed by atoms with Crippen molar-refractivity contribution < 1.29 is 13.6 Å². The molecule has 2 heterocycles. The van der Waals surface area contributed by atoms with Crippen LogP contribution in [0, 0.1) is 6.92 Å². The summed E-state index contributed by atoms with van der Waals surface area (Å²) in [5.74, 6) is 1.41. The number of benzene rings is 3. The van der Waals surface area contributed by atoms with Gasteiger partial charge in [0.2, 0.25) is 11.8 Å². The third-order valence-electron chi connectivity index (χ3n) is 5.41. The molecule has 0 saturated carbocycles. The van der Waals surface area contributed by atoms with Gasteiger partial charge in [-0.3, -0.25) is 4.79 Å². The minimum Gasteiger partial charge on any atom is -0.459 e. The summed E-state index contributed by atoms with van der Waals surface area (Å²) in [7, 11) is 0. The van der Waals surface area contributed by atoms with Crippen LogP contribution < -0.4 is 5.32 Å². The van der Waals surface area contributed by atoms with Crippen LogP contribution in [0.4, 0.5) is 0 Å². The molecule has 1 amide bonds. The van der Waals surface area contributed by atoms with Crippen molar-refractivity contribution in [3.63, 3.8) is 0 Å². The van der Waals surface area contributed by atoms with Gasteiger partial charge in [0.25, 0.3) is 5.91 Å². The number of carbonyl (C=O) groups is 1. The van der Waals surface area contributed by atoms with E-state index >= 15 is 0 Å². The first kappa shape index (κ1) is 19.8. The summed E-state index contributed by atoms with van der Waals surface area (Å²) in [6, 6.07) is 24.4. The lowest BCUT2D eigenvalue weighted by molar-refractivity contribution is 0.0935. The molecule has 6 nitrogen and oxygen atoms in total. The van der Waals surface area contributed by atoms with Gasteiger partial charge in [-0.15, -0.1) is 10.2 Å². The maximum atomic E-state index is 12.7. The number of aromatic nitrogens is 2. The Hall–Kier alpha value is -4.19. The SMILES string of the molecule is Cc1ccccc1-c1nnc(-c2ccc(C(=O)NC(C)c3cc4ccccc4o3)cc2)o1. The van der Waals surface area contributed by atoms with Crippen LogP contribution in [0.1, 0.15) is 34.6 Å². The van der Waals surface area contributed by atoms with Gasteiger partial charge in [0.1, 0.15) is 11.3 Å². The summed E-state index contributed by atoms with van der Waals surface area (Å²) in [5, 5.41) is 12.3. The predicted octanol–water partition coefficient (Wildman–Crippen LogP) is 5.95. The largest absolute Gasteiger partial charge is 0.459 e. The first-order valence-corrected chi connectivity index (χ1v) is 10.4. The van der Waals surface area contributed by atoms with Crippen LogP contribution >= 0.6 is 0 Å². The summed E-state index contributed by atoms with van der Waals surface area (Å²) >= 11 is 0. The number of rotatable bonds is 5. The number of carbonyl (C=O) groups excluding carboxylic acids is 1. The summed E-state index contributed by atoms with van der Waals surface area (Å²) < 4.78 is 11.7. The first-order chi connectivity index (χ1) is 15.6. The molecule has 0 bridgehead atoms. The Labute approximate surface area is 184 Å². The molecule has 3 aromatic carbocycles. The lowest BCUT2D eigenvalue weighted by atomic mass is 10.1. The van der Waals surface area contributed by atoms with E-state index in [1.165, 1.54) is 0 Å². The molecule has 158 valence electrons. The predicted molar refractivity (Wildman–Crippen MR) is 122 cm³/mol. The molecule has 2 aromatic heterocycles. The van der Waals surface area contributed by atoms with Gasteiger partial charge in [-0.2, -0.15) is 0 Å². The second-order valence-electron chi connectivity index (χ2n) is 7.69. The number of fused-ring (bicyclic) bond motifs is 1. The van der Waals surface area contributed by atoms with Crippen LogP contribution in [-0.4, -0.2) is 16.1 Å². The van der Waals surface area contributed by atoms with E-state index in [9.17, 15) is 4.79 Å². The van der Waals surface area contributed by atoms with Crippen LogP contribution in [0.15, 0.2) is 87.7 Å². The zero-order valence-corrected chi connectivity index (χ0v) is 17.7. The molecule has 5 rings (SSSR count). The van der Waals surface area contributed by atoms with E-state index in [4.69, 9.17) is 8.83 Å². The molecule has 0 saturated heterocycles. The smallest absolute Gasteiger partial charge is 0.251 e. The maximum absolute atomic E-state index is 12.7. The molecule has 1 unspecified atom stereocenters. The normalized spacial score (nSPS) is 12.1. The van der Waals surface area contributed by atoms with Gasteiger partial charge in [0.15, 0.2) is 0 Å². The Bertz CT molecular complexity index is 1370. The second kappa shape index (κ2) is 8.15. The molecular formula is C26H21N3O3. The van der Waals surface area contributed by atoms with E-state index in [0.29, 0.717) is 23.1 Å². The van der Waals surface area contributed by atoms with Gasteiger partial charge >= 0.3 is 0 Å². The van der Waals surface area contributed by atoms with Crippen molar-refractivity contribution in [3.8, 4) is 22.9 Å². The van der Waals surface area contributed by atoms with Crippen LogP contribution in [-0.2, 0) is 0 Å². The lowest BCUT2D eigenvalue weighted by Gasteiger charge is -2.11. The molecular weight excluding hydrogens is 402 g/mol. The molecule has 0 aliphatic heterocycles. The Morgan fingerprint density at radius 3 is 2.38 bits per heavy atom. The number of hydrogen-bond donors (Lipinski definition) is 1. The van der Waals surface area contributed by atoms with Crippen molar-refractivity contribution >= 4 is 16.9 Å². The topological polar surface area (TPSA) is 81.2 Å². The Morgan fingerprint density at radius 1 is 0.875 bits per heavy atom. The highest BCUT2D eigenvalue weighted by molar-refractivity contribution is 5.94. The van der Waals surface area contributed by atoms with Crippen molar-refractivity contribution in [2.45, 2.75) is 19.9 Å². The average molecular weight is 423 g/mol. The van der Waals surface area contributed by atoms with Crippen LogP contribution in [0.25, 0.3) is 33.9 Å². The minimum absolute atomic E-state index is 0.185. The number of amides is 1. The summed E-state index contributed by atoms with van der Waals surface area (Å²) in [4.78, 5) is 12.7. The molecule has 0 aliphatic carbocycles. The van der Waals surface area contributed by atoms with Gasteiger partial charge < -0.3 is 14.2 Å². The Morgan fingerprint density at radius 2 is 1.59 bits per heavy atom. The fraction of sp³-hybridized carbons (Fsp3) is 0.115. The maximum Gasteiger partial charge on any atom is 0.251 e. The molecule has 5 aromatic rings. The molecule has 0 fully saturated rings. The average Bonchev–Trinajstić information content (AvgIpc) is 3.47. The minimum atomic E-state index is -0.262. The molecule has 0 spiro atoms. The van der Waals surface area contributed by atoms with Crippen LogP contribution in [0.3, 0.4) is 0 Å². The fourth-order valence-corrected chi connectivity index (χ4v) is 3.59. The van der Waals surface area contributed by atoms with Gasteiger partial charge in [-0.05, 0) is 61.9 Å². The molecule has 0 radical (unpaired) electrons. The Kier molecular flexibility index (Phi) is 5.03. The fourth-order valence-electron chi connectivity index (χ4n) is 3.59. The van der Waals surface area contributed by atoms with E-state index in [-0.39, 0.29) is 11.9 Å². The van der Waals surface area contributed by atoms with Crippen molar-refractivity contribution in [2.24, 2.45) is 0 Å². The number of para-hydroxylation sites is 1. The van der Waals surface area contributed by atoms with E-state index < -0.39 is 0 Å². The van der Waals surface area contributed by atoms with Gasteiger partial charge in [-0.25, -0.2) is 0 Å². The summed E-state index contributed by atoms with van der Waals surface area (Å²) in [5.41, 5.74) is 4.06. The number of nitrogens with one attached hydrogen (secondary N) is 1. The summed E-state index contributed by atoms with van der Waals surface area (Å²) in [6.07, 6.45) is 0. The van der Waals surface area contributed by atoms with E-state index in [0.717, 1.165) is 27.7 Å². The van der Waals surface area contributed by atoms with Gasteiger partial charge in [-0.1, -0.05) is 36.4 Å². The molecule has 1 N–H and O–H groups in total. The van der Waals surface area contributed by atoms with Gasteiger partial charge in [0, 0.05) is 22.1 Å². The highest BCUT2D eigenvalue weighted by Crippen LogP contribution is 2.27. The molecule has 0 aliphatic rings. The zero-order valence-electron chi connectivity index (χ0n) is 17.7. The third kappa shape index (κ3) is 3.78. The van der Waals surface area contributed by atoms with E-state index in [2.05, 4.69) is 15.5 Å². The van der Waals surface area contributed by atoms with Crippen LogP contribution in [0.5, 0.6) is 0 Å².